The summed E-state index contributed by atoms with van der Waals surface area (Å²) in [5.74, 6) is 0.348. The van der Waals surface area contributed by atoms with Gasteiger partial charge in [0.05, 0.1) is 6.04 Å². The minimum Gasteiger partial charge on any atom is -0.361 e. The predicted molar refractivity (Wildman–Crippen MR) is 81.5 cm³/mol. The molecule has 2 rings (SSSR count). The molecule has 0 saturated heterocycles. The molecular formula is C15H18ClN3O2. The van der Waals surface area contributed by atoms with Crippen molar-refractivity contribution in [3.8, 4) is 0 Å². The van der Waals surface area contributed by atoms with Crippen LogP contribution < -0.4 is 5.32 Å². The van der Waals surface area contributed by atoms with Crippen LogP contribution in [-0.2, 0) is 0 Å². The zero-order valence-electron chi connectivity index (χ0n) is 12.3. The van der Waals surface area contributed by atoms with Crippen molar-refractivity contribution in [1.29, 1.82) is 0 Å². The largest absolute Gasteiger partial charge is 0.361 e. The average Bonchev–Trinajstić information content (AvgIpc) is 2.87. The highest BCUT2D eigenvalue weighted by Crippen LogP contribution is 2.25. The van der Waals surface area contributed by atoms with Crippen molar-refractivity contribution < 1.29 is 9.32 Å². The number of nitrogens with one attached hydrogen (secondary N) is 1. The quantitative estimate of drug-likeness (QED) is 0.922. The van der Waals surface area contributed by atoms with Crippen LogP contribution in [0.5, 0.6) is 0 Å². The lowest BCUT2D eigenvalue weighted by atomic mass is 10.1. The lowest BCUT2D eigenvalue weighted by Crippen LogP contribution is -2.34. The highest BCUT2D eigenvalue weighted by molar-refractivity contribution is 6.31. The Morgan fingerprint density at radius 1 is 1.43 bits per heavy atom. The molecule has 1 N–H and O–H groups in total. The molecular weight excluding hydrogens is 290 g/mol. The van der Waals surface area contributed by atoms with E-state index in [0.717, 1.165) is 5.56 Å². The van der Waals surface area contributed by atoms with E-state index >= 15 is 0 Å². The maximum absolute atomic E-state index is 12.0. The monoisotopic (exact) mass is 307 g/mol. The molecule has 6 heteroatoms. The Balaban J connectivity index is 2.08. The molecule has 1 atom stereocenters. The molecule has 0 radical (unpaired) electrons. The normalized spacial score (nSPS) is 12.4. The second-order valence-corrected chi connectivity index (χ2v) is 5.44. The van der Waals surface area contributed by atoms with E-state index in [9.17, 15) is 4.79 Å². The Kier molecular flexibility index (Phi) is 4.98. The van der Waals surface area contributed by atoms with Crippen LogP contribution in [0.15, 0.2) is 34.9 Å². The highest BCUT2D eigenvalue weighted by Gasteiger charge is 2.19. The van der Waals surface area contributed by atoms with E-state index in [0.29, 0.717) is 17.3 Å². The molecule has 0 saturated carbocycles. The molecule has 1 aromatic heterocycles. The summed E-state index contributed by atoms with van der Waals surface area (Å²) in [7, 11) is 3.89. The third-order valence-electron chi connectivity index (χ3n) is 3.20. The molecule has 2 aromatic rings. The Hall–Kier alpha value is -1.85. The van der Waals surface area contributed by atoms with E-state index in [1.54, 1.807) is 13.0 Å². The minimum absolute atomic E-state index is 0.0179. The summed E-state index contributed by atoms with van der Waals surface area (Å²) in [6.45, 7) is 2.18. The van der Waals surface area contributed by atoms with Gasteiger partial charge < -0.3 is 14.7 Å². The third kappa shape index (κ3) is 3.83. The Morgan fingerprint density at radius 3 is 2.71 bits per heavy atom. The Bertz CT molecular complexity index is 625. The number of nitrogens with zero attached hydrogens (tertiary/aromatic N) is 2. The van der Waals surface area contributed by atoms with Gasteiger partial charge in [-0.15, -0.1) is 0 Å². The smallest absolute Gasteiger partial charge is 0.273 e. The van der Waals surface area contributed by atoms with Gasteiger partial charge >= 0.3 is 0 Å². The number of hydrogen-bond acceptors (Lipinski definition) is 4. The molecule has 1 unspecified atom stereocenters. The molecule has 1 heterocycles. The summed E-state index contributed by atoms with van der Waals surface area (Å²) in [5, 5.41) is 7.24. The van der Waals surface area contributed by atoms with E-state index in [2.05, 4.69) is 10.5 Å². The molecule has 0 bridgehead atoms. The van der Waals surface area contributed by atoms with Crippen molar-refractivity contribution in [2.75, 3.05) is 20.6 Å². The summed E-state index contributed by atoms with van der Waals surface area (Å²) < 4.78 is 4.90. The topological polar surface area (TPSA) is 58.4 Å². The number of hydrogen-bond donors (Lipinski definition) is 1. The van der Waals surface area contributed by atoms with Gasteiger partial charge in [-0.1, -0.05) is 35.0 Å². The van der Waals surface area contributed by atoms with Gasteiger partial charge in [-0.3, -0.25) is 4.79 Å². The Morgan fingerprint density at radius 2 is 2.14 bits per heavy atom. The Labute approximate surface area is 128 Å². The fraction of sp³-hybridized carbons (Fsp3) is 0.333. The SMILES string of the molecule is Cc1cc(C(=O)NCC(c2ccccc2Cl)N(C)C)no1. The minimum atomic E-state index is -0.259. The van der Waals surface area contributed by atoms with Gasteiger partial charge in [-0.2, -0.15) is 0 Å². The van der Waals surface area contributed by atoms with E-state index in [-0.39, 0.29) is 17.6 Å². The number of benzene rings is 1. The van der Waals surface area contributed by atoms with Gasteiger partial charge in [0.15, 0.2) is 5.69 Å². The van der Waals surface area contributed by atoms with Gasteiger partial charge in [0.1, 0.15) is 5.76 Å². The van der Waals surface area contributed by atoms with Crippen molar-refractivity contribution in [2.45, 2.75) is 13.0 Å². The summed E-state index contributed by atoms with van der Waals surface area (Å²) in [6.07, 6.45) is 0. The number of rotatable bonds is 5. The number of aromatic nitrogens is 1. The predicted octanol–water partition coefficient (Wildman–Crippen LogP) is 2.67. The molecule has 0 aliphatic heterocycles. The number of carbonyl (C=O) groups is 1. The van der Waals surface area contributed by atoms with E-state index in [1.165, 1.54) is 0 Å². The van der Waals surface area contributed by atoms with Crippen molar-refractivity contribution in [3.63, 3.8) is 0 Å². The average molecular weight is 308 g/mol. The molecule has 112 valence electrons. The number of likely N-dealkylation sites (N-methyl/N-ethyl adjacent to an activating group) is 1. The third-order valence-corrected chi connectivity index (χ3v) is 3.55. The van der Waals surface area contributed by atoms with Gasteiger partial charge in [0, 0.05) is 17.6 Å². The van der Waals surface area contributed by atoms with Crippen LogP contribution in [0.4, 0.5) is 0 Å². The summed E-state index contributed by atoms with van der Waals surface area (Å²) in [4.78, 5) is 14.0. The summed E-state index contributed by atoms with van der Waals surface area (Å²) >= 11 is 6.23. The molecule has 0 aliphatic rings. The van der Waals surface area contributed by atoms with Crippen molar-refractivity contribution in [2.24, 2.45) is 0 Å². The van der Waals surface area contributed by atoms with Crippen LogP contribution in [0.3, 0.4) is 0 Å². The molecule has 0 spiro atoms. The highest BCUT2D eigenvalue weighted by atomic mass is 35.5. The lowest BCUT2D eigenvalue weighted by Gasteiger charge is -2.25. The molecule has 0 fully saturated rings. The molecule has 1 amide bonds. The van der Waals surface area contributed by atoms with Crippen LogP contribution in [0, 0.1) is 6.92 Å². The first-order valence-corrected chi connectivity index (χ1v) is 6.99. The van der Waals surface area contributed by atoms with E-state index < -0.39 is 0 Å². The summed E-state index contributed by atoms with van der Waals surface area (Å²) in [5.41, 5.74) is 1.25. The van der Waals surface area contributed by atoms with E-state index in [4.69, 9.17) is 16.1 Å². The first-order chi connectivity index (χ1) is 9.99. The number of amides is 1. The van der Waals surface area contributed by atoms with Crippen molar-refractivity contribution in [1.82, 2.24) is 15.4 Å². The van der Waals surface area contributed by atoms with E-state index in [1.807, 2.05) is 43.3 Å². The first-order valence-electron chi connectivity index (χ1n) is 6.61. The standard InChI is InChI=1S/C15H18ClN3O2/c1-10-8-13(18-21-10)15(20)17-9-14(19(2)3)11-6-4-5-7-12(11)16/h4-8,14H,9H2,1-3H3,(H,17,20). The molecule has 1 aromatic carbocycles. The van der Waals surface area contributed by atoms with Gasteiger partial charge in [0.25, 0.3) is 5.91 Å². The maximum Gasteiger partial charge on any atom is 0.273 e. The lowest BCUT2D eigenvalue weighted by molar-refractivity contribution is 0.0933. The molecule has 5 nitrogen and oxygen atoms in total. The van der Waals surface area contributed by atoms with Crippen LogP contribution in [-0.4, -0.2) is 36.6 Å². The fourth-order valence-corrected chi connectivity index (χ4v) is 2.33. The van der Waals surface area contributed by atoms with Gasteiger partial charge in [-0.25, -0.2) is 0 Å². The molecule has 0 aliphatic carbocycles. The number of halogens is 1. The van der Waals surface area contributed by atoms with Crippen LogP contribution in [0.1, 0.15) is 27.9 Å². The summed E-state index contributed by atoms with van der Waals surface area (Å²) in [6, 6.07) is 9.21. The second kappa shape index (κ2) is 6.74. The maximum atomic E-state index is 12.0. The number of aryl methyl sites for hydroxylation is 1. The van der Waals surface area contributed by atoms with Gasteiger partial charge in [-0.05, 0) is 32.6 Å². The fourth-order valence-electron chi connectivity index (χ4n) is 2.07. The van der Waals surface area contributed by atoms with Crippen molar-refractivity contribution >= 4 is 17.5 Å². The first kappa shape index (κ1) is 15.5. The zero-order chi connectivity index (χ0) is 15.4. The van der Waals surface area contributed by atoms with Gasteiger partial charge in [0.2, 0.25) is 0 Å². The molecule has 21 heavy (non-hydrogen) atoms. The number of carbonyl (C=O) groups excluding carboxylic acids is 1. The van der Waals surface area contributed by atoms with Crippen LogP contribution in [0.2, 0.25) is 5.02 Å². The zero-order valence-corrected chi connectivity index (χ0v) is 13.0. The second-order valence-electron chi connectivity index (χ2n) is 5.03. The van der Waals surface area contributed by atoms with Crippen LogP contribution >= 0.6 is 11.6 Å². The van der Waals surface area contributed by atoms with Crippen LogP contribution in [0.25, 0.3) is 0 Å². The van der Waals surface area contributed by atoms with Crippen molar-refractivity contribution in [3.05, 3.63) is 52.4 Å².